The summed E-state index contributed by atoms with van der Waals surface area (Å²) in [4.78, 5) is 12.6. The van der Waals surface area contributed by atoms with Crippen molar-refractivity contribution in [2.45, 2.75) is 24.2 Å². The number of hydrogen-bond donors (Lipinski definition) is 1. The molecule has 25 heavy (non-hydrogen) atoms. The molecular weight excluding hydrogens is 330 g/mol. The number of carbonyl (C=O) groups is 1. The Balaban J connectivity index is 1.86. The van der Waals surface area contributed by atoms with Crippen molar-refractivity contribution in [1.29, 1.82) is 0 Å². The minimum atomic E-state index is 0.569. The number of nitrogen functional groups attached to an aromatic ring is 1. The summed E-state index contributed by atoms with van der Waals surface area (Å²) in [6, 6.07) is 14.3. The molecule has 2 aromatic carbocycles. The molecule has 2 N–H and O–H groups in total. The van der Waals surface area contributed by atoms with Gasteiger partial charge < -0.3 is 5.73 Å². The molecule has 0 saturated carbocycles. The number of benzene rings is 2. The van der Waals surface area contributed by atoms with Crippen LogP contribution < -0.4 is 10.7 Å². The largest absolute Gasteiger partial charge is 0.399 e. The summed E-state index contributed by atoms with van der Waals surface area (Å²) in [7, 11) is 0. The summed E-state index contributed by atoms with van der Waals surface area (Å²) >= 11 is 1.70. The van der Waals surface area contributed by atoms with Gasteiger partial charge in [-0.15, -0.1) is 11.8 Å². The van der Waals surface area contributed by atoms with Gasteiger partial charge in [0.05, 0.1) is 11.4 Å². The highest BCUT2D eigenvalue weighted by Gasteiger charge is 2.29. The van der Waals surface area contributed by atoms with Crippen molar-refractivity contribution in [3.63, 3.8) is 0 Å². The molecule has 0 bridgehead atoms. The molecular formula is C20H19N3OS. The number of hydrogen-bond acceptors (Lipinski definition) is 5. The first-order chi connectivity index (χ1) is 12.2. The van der Waals surface area contributed by atoms with Gasteiger partial charge >= 0.3 is 0 Å². The van der Waals surface area contributed by atoms with Crippen LogP contribution in [0.15, 0.2) is 58.0 Å². The van der Waals surface area contributed by atoms with E-state index in [0.29, 0.717) is 12.1 Å². The van der Waals surface area contributed by atoms with Crippen LogP contribution in [0.1, 0.15) is 24.0 Å². The summed E-state index contributed by atoms with van der Waals surface area (Å²) in [5, 5.41) is 6.52. The molecule has 2 aliphatic rings. The number of nitrogens with two attached hydrogens (primary N) is 1. The SMILES string of the molecule is CSc1ccc(N2N=C(C=O)CC3=C2c2cc(N)ccc2CC3)cc1. The second-order valence-electron chi connectivity index (χ2n) is 6.26. The highest BCUT2D eigenvalue weighted by molar-refractivity contribution is 7.98. The maximum Gasteiger partial charge on any atom is 0.166 e. The van der Waals surface area contributed by atoms with Crippen LogP contribution in [0, 0.1) is 0 Å². The monoisotopic (exact) mass is 349 g/mol. The van der Waals surface area contributed by atoms with Crippen molar-refractivity contribution < 1.29 is 4.79 Å². The van der Waals surface area contributed by atoms with E-state index >= 15 is 0 Å². The molecule has 4 nitrogen and oxygen atoms in total. The fourth-order valence-electron chi connectivity index (χ4n) is 3.47. The second-order valence-corrected chi connectivity index (χ2v) is 7.14. The number of nitrogens with zero attached hydrogens (tertiary/aromatic N) is 2. The quantitative estimate of drug-likeness (QED) is 0.515. The lowest BCUT2D eigenvalue weighted by molar-refractivity contribution is -0.102. The van der Waals surface area contributed by atoms with Gasteiger partial charge in [-0.3, -0.25) is 4.79 Å². The molecule has 5 heteroatoms. The second kappa shape index (κ2) is 6.41. The zero-order valence-corrected chi connectivity index (χ0v) is 14.8. The van der Waals surface area contributed by atoms with Gasteiger partial charge in [0.1, 0.15) is 5.71 Å². The lowest BCUT2D eigenvalue weighted by Crippen LogP contribution is -2.27. The number of aldehydes is 1. The van der Waals surface area contributed by atoms with E-state index in [4.69, 9.17) is 5.73 Å². The van der Waals surface area contributed by atoms with E-state index in [1.807, 2.05) is 29.3 Å². The average Bonchev–Trinajstić information content (AvgIpc) is 2.66. The number of rotatable bonds is 3. The third-order valence-electron chi connectivity index (χ3n) is 4.71. The van der Waals surface area contributed by atoms with Crippen LogP contribution in [0.3, 0.4) is 0 Å². The van der Waals surface area contributed by atoms with Crippen LogP contribution in [-0.2, 0) is 11.2 Å². The molecule has 0 spiro atoms. The number of thioether (sulfide) groups is 1. The summed E-state index contributed by atoms with van der Waals surface area (Å²) in [6.45, 7) is 0. The molecule has 1 heterocycles. The van der Waals surface area contributed by atoms with Crippen LogP contribution in [0.5, 0.6) is 0 Å². The predicted octanol–water partition coefficient (Wildman–Crippen LogP) is 4.11. The van der Waals surface area contributed by atoms with E-state index in [0.717, 1.165) is 41.8 Å². The molecule has 1 aliphatic carbocycles. The summed E-state index contributed by atoms with van der Waals surface area (Å²) in [5.74, 6) is 0. The minimum Gasteiger partial charge on any atom is -0.399 e. The van der Waals surface area contributed by atoms with Crippen molar-refractivity contribution in [1.82, 2.24) is 0 Å². The Morgan fingerprint density at radius 3 is 2.68 bits per heavy atom. The van der Waals surface area contributed by atoms with Gasteiger partial charge in [0.15, 0.2) is 6.29 Å². The first kappa shape index (κ1) is 16.0. The molecule has 1 aliphatic heterocycles. The van der Waals surface area contributed by atoms with Gasteiger partial charge in [-0.2, -0.15) is 5.10 Å². The van der Waals surface area contributed by atoms with Gasteiger partial charge in [0.2, 0.25) is 0 Å². The van der Waals surface area contributed by atoms with Crippen LogP contribution in [0.25, 0.3) is 5.70 Å². The van der Waals surface area contributed by atoms with Gasteiger partial charge in [-0.25, -0.2) is 5.01 Å². The third kappa shape index (κ3) is 2.85. The highest BCUT2D eigenvalue weighted by atomic mass is 32.2. The number of allylic oxidation sites excluding steroid dienone is 1. The van der Waals surface area contributed by atoms with E-state index in [9.17, 15) is 4.79 Å². The molecule has 0 aromatic heterocycles. The van der Waals surface area contributed by atoms with Crippen LogP contribution >= 0.6 is 11.8 Å². The Morgan fingerprint density at radius 2 is 1.96 bits per heavy atom. The summed E-state index contributed by atoms with van der Waals surface area (Å²) in [6.07, 6.45) is 5.45. The summed E-state index contributed by atoms with van der Waals surface area (Å²) in [5.41, 5.74) is 13.1. The van der Waals surface area contributed by atoms with Gasteiger partial charge in [0, 0.05) is 22.6 Å². The van der Waals surface area contributed by atoms with Crippen molar-refractivity contribution in [2.75, 3.05) is 17.0 Å². The van der Waals surface area contributed by atoms with E-state index in [-0.39, 0.29) is 0 Å². The first-order valence-corrected chi connectivity index (χ1v) is 9.49. The van der Waals surface area contributed by atoms with E-state index < -0.39 is 0 Å². The molecule has 0 atom stereocenters. The lowest BCUT2D eigenvalue weighted by Gasteiger charge is -2.34. The molecule has 2 aromatic rings. The standard InChI is InChI=1S/C20H19N3OS/c1-25-18-8-6-17(7-9-18)23-20-14(10-16(12-24)22-23)3-2-13-4-5-15(21)11-19(13)20/h4-9,11-12H,2-3,10,21H2,1H3. The molecule has 0 saturated heterocycles. The predicted molar refractivity (Wildman–Crippen MR) is 105 cm³/mol. The van der Waals surface area contributed by atoms with Gasteiger partial charge in [-0.05, 0) is 66.6 Å². The number of fused-ring (bicyclic) bond motifs is 2. The molecule has 0 radical (unpaired) electrons. The van der Waals surface area contributed by atoms with E-state index in [1.165, 1.54) is 16.0 Å². The fraction of sp³-hybridized carbons (Fsp3) is 0.200. The molecule has 126 valence electrons. The Bertz CT molecular complexity index is 900. The van der Waals surface area contributed by atoms with E-state index in [1.54, 1.807) is 11.8 Å². The van der Waals surface area contributed by atoms with Gasteiger partial charge in [-0.1, -0.05) is 6.07 Å². The Kier molecular flexibility index (Phi) is 4.09. The Labute approximate surface area is 151 Å². The van der Waals surface area contributed by atoms with Crippen LogP contribution in [0.4, 0.5) is 11.4 Å². The lowest BCUT2D eigenvalue weighted by atomic mass is 9.85. The zero-order chi connectivity index (χ0) is 17.4. The van der Waals surface area contributed by atoms with Crippen molar-refractivity contribution in [2.24, 2.45) is 5.10 Å². The average molecular weight is 349 g/mol. The molecule has 0 fully saturated rings. The third-order valence-corrected chi connectivity index (χ3v) is 5.45. The number of anilines is 2. The smallest absolute Gasteiger partial charge is 0.166 e. The number of aryl methyl sites for hydroxylation is 1. The van der Waals surface area contributed by atoms with Crippen molar-refractivity contribution >= 4 is 40.8 Å². The topological polar surface area (TPSA) is 58.7 Å². The molecule has 0 unspecified atom stereocenters. The number of hydrazone groups is 1. The highest BCUT2D eigenvalue weighted by Crippen LogP contribution is 2.41. The van der Waals surface area contributed by atoms with Gasteiger partial charge in [0.25, 0.3) is 0 Å². The van der Waals surface area contributed by atoms with E-state index in [2.05, 4.69) is 29.6 Å². The normalized spacial score (nSPS) is 16.2. The first-order valence-electron chi connectivity index (χ1n) is 8.27. The summed E-state index contributed by atoms with van der Waals surface area (Å²) < 4.78 is 0. The molecule has 4 rings (SSSR count). The Morgan fingerprint density at radius 1 is 1.16 bits per heavy atom. The minimum absolute atomic E-state index is 0.569. The van der Waals surface area contributed by atoms with Crippen molar-refractivity contribution in [3.05, 3.63) is 59.2 Å². The van der Waals surface area contributed by atoms with Crippen LogP contribution in [-0.4, -0.2) is 18.3 Å². The fourth-order valence-corrected chi connectivity index (χ4v) is 3.88. The van der Waals surface area contributed by atoms with Crippen molar-refractivity contribution in [3.8, 4) is 0 Å². The number of carbonyl (C=O) groups excluding carboxylic acids is 1. The molecule has 0 amide bonds. The maximum atomic E-state index is 11.4. The van der Waals surface area contributed by atoms with Crippen LogP contribution in [0.2, 0.25) is 0 Å². The zero-order valence-electron chi connectivity index (χ0n) is 14.0. The Hall–Kier alpha value is -2.53. The maximum absolute atomic E-state index is 11.4.